The largest absolute Gasteiger partial charge is 0.459 e. The summed E-state index contributed by atoms with van der Waals surface area (Å²) in [7, 11) is 3.61. The van der Waals surface area contributed by atoms with Gasteiger partial charge >= 0.3 is 18.2 Å². The SMILES string of the molecule is CC[C@H]1OC(=O)[C@H](C)[C@@H](O)[C@H](C)[C@@H](O[C@@H]2O[C@H](C)C[C@H](N(C)C)[C@H]2O)C(C)(O)C[C@@H](C)CN(C(=O)Nc2cccc(C(F)(F)F)c2)[C@H](C)[C@@H](O)[C@]1(C)O. The molecule has 2 amide bonds. The van der Waals surface area contributed by atoms with Crippen LogP contribution < -0.4 is 5.32 Å². The number of carbonyl (C=O) groups is 2. The highest BCUT2D eigenvalue weighted by atomic mass is 19.4. The number of cyclic esters (lactones) is 1. The molecule has 0 saturated carbocycles. The molecule has 0 aliphatic carbocycles. The Morgan fingerprint density at radius 2 is 1.70 bits per heavy atom. The zero-order chi connectivity index (χ0) is 40.4. The van der Waals surface area contributed by atoms with Crippen molar-refractivity contribution in [2.24, 2.45) is 17.8 Å². The number of esters is 1. The molecule has 3 rings (SSSR count). The van der Waals surface area contributed by atoms with E-state index in [0.29, 0.717) is 6.42 Å². The van der Waals surface area contributed by atoms with Gasteiger partial charge in [0.2, 0.25) is 0 Å². The first-order valence-electron chi connectivity index (χ1n) is 18.2. The number of benzene rings is 1. The molecule has 53 heavy (non-hydrogen) atoms. The van der Waals surface area contributed by atoms with Crippen LogP contribution >= 0.6 is 0 Å². The van der Waals surface area contributed by atoms with E-state index in [4.69, 9.17) is 14.2 Å². The molecule has 2 aliphatic rings. The Labute approximate surface area is 310 Å². The Hall–Kier alpha value is -2.57. The summed E-state index contributed by atoms with van der Waals surface area (Å²) in [5, 5.41) is 60.8. The number of alkyl halides is 3. The Morgan fingerprint density at radius 3 is 2.26 bits per heavy atom. The van der Waals surface area contributed by atoms with Gasteiger partial charge in [0.15, 0.2) is 6.29 Å². The van der Waals surface area contributed by atoms with E-state index in [-0.39, 0.29) is 37.2 Å². The van der Waals surface area contributed by atoms with Gasteiger partial charge in [0.05, 0.1) is 41.4 Å². The molecule has 0 aromatic heterocycles. The zero-order valence-electron chi connectivity index (χ0n) is 32.4. The Morgan fingerprint density at radius 1 is 1.08 bits per heavy atom. The first kappa shape index (κ1) is 44.8. The van der Waals surface area contributed by atoms with Gasteiger partial charge in [-0.25, -0.2) is 4.79 Å². The van der Waals surface area contributed by atoms with Crippen LogP contribution in [-0.2, 0) is 25.2 Å². The molecule has 1 unspecified atom stereocenters. The molecule has 14 atom stereocenters. The van der Waals surface area contributed by atoms with Crippen LogP contribution in [0.25, 0.3) is 0 Å². The molecular weight excluding hydrogens is 703 g/mol. The van der Waals surface area contributed by atoms with Crippen LogP contribution in [0.1, 0.15) is 80.2 Å². The van der Waals surface area contributed by atoms with E-state index < -0.39 is 95.5 Å². The van der Waals surface area contributed by atoms with Gasteiger partial charge in [-0.1, -0.05) is 26.8 Å². The number of nitrogens with one attached hydrogen (secondary N) is 1. The zero-order valence-corrected chi connectivity index (χ0v) is 32.4. The predicted octanol–water partition coefficient (Wildman–Crippen LogP) is 3.60. The van der Waals surface area contributed by atoms with Crippen LogP contribution in [0.5, 0.6) is 0 Å². The molecule has 1 aromatic carbocycles. The lowest BCUT2D eigenvalue weighted by molar-refractivity contribution is -0.299. The fourth-order valence-corrected chi connectivity index (χ4v) is 7.75. The molecule has 1 aromatic rings. The van der Waals surface area contributed by atoms with Gasteiger partial charge in [0.1, 0.15) is 23.9 Å². The van der Waals surface area contributed by atoms with Crippen molar-refractivity contribution in [1.82, 2.24) is 9.80 Å². The van der Waals surface area contributed by atoms with Crippen molar-refractivity contribution in [3.8, 4) is 0 Å². The van der Waals surface area contributed by atoms with Gasteiger partial charge < -0.3 is 54.9 Å². The maximum Gasteiger partial charge on any atom is 0.416 e. The lowest BCUT2D eigenvalue weighted by Crippen LogP contribution is -2.61. The first-order valence-corrected chi connectivity index (χ1v) is 18.2. The summed E-state index contributed by atoms with van der Waals surface area (Å²) in [6, 6.07) is 1.56. The molecule has 16 heteroatoms. The summed E-state index contributed by atoms with van der Waals surface area (Å²) in [4.78, 5) is 30.4. The van der Waals surface area contributed by atoms with Crippen LogP contribution in [0.3, 0.4) is 0 Å². The lowest BCUT2D eigenvalue weighted by Gasteiger charge is -2.46. The molecule has 304 valence electrons. The molecule has 0 radical (unpaired) electrons. The van der Waals surface area contributed by atoms with Crippen molar-refractivity contribution in [2.75, 3.05) is 26.0 Å². The first-order chi connectivity index (χ1) is 24.3. The van der Waals surface area contributed by atoms with Gasteiger partial charge in [-0.15, -0.1) is 0 Å². The number of aliphatic hydroxyl groups excluding tert-OH is 3. The summed E-state index contributed by atoms with van der Waals surface area (Å²) in [6.45, 7) is 12.1. The van der Waals surface area contributed by atoms with Crippen LogP contribution in [0.15, 0.2) is 24.3 Å². The summed E-state index contributed by atoms with van der Waals surface area (Å²) in [6.07, 6.45) is -12.8. The van der Waals surface area contributed by atoms with Gasteiger partial charge in [-0.3, -0.25) is 4.79 Å². The number of rotatable bonds is 5. The average molecular weight is 764 g/mol. The number of nitrogens with zero attached hydrogens (tertiary/aromatic N) is 2. The second kappa shape index (κ2) is 17.5. The van der Waals surface area contributed by atoms with E-state index in [1.165, 1.54) is 33.8 Å². The van der Waals surface area contributed by atoms with E-state index in [9.17, 15) is 48.3 Å². The van der Waals surface area contributed by atoms with E-state index in [1.807, 2.05) is 11.8 Å². The minimum Gasteiger partial charge on any atom is -0.459 e. The average Bonchev–Trinajstić information content (AvgIpc) is 3.06. The fraction of sp³-hybridized carbons (Fsp3) is 0.784. The lowest BCUT2D eigenvalue weighted by atomic mass is 9.78. The second-order valence-electron chi connectivity index (χ2n) is 15.8. The maximum absolute atomic E-state index is 13.9. The monoisotopic (exact) mass is 763 g/mol. The number of ether oxygens (including phenoxy) is 3. The highest BCUT2D eigenvalue weighted by molar-refractivity contribution is 5.89. The number of halogens is 3. The van der Waals surface area contributed by atoms with Gasteiger partial charge in [0, 0.05) is 24.2 Å². The molecule has 6 N–H and O–H groups in total. The third kappa shape index (κ3) is 10.6. The minimum atomic E-state index is -4.68. The molecule has 2 heterocycles. The van der Waals surface area contributed by atoms with Gasteiger partial charge in [-0.2, -0.15) is 13.2 Å². The van der Waals surface area contributed by atoms with E-state index in [2.05, 4.69) is 5.32 Å². The Bertz CT molecular complexity index is 1380. The number of carbonyl (C=O) groups excluding carboxylic acids is 2. The number of amides is 2. The van der Waals surface area contributed by atoms with Crippen molar-refractivity contribution >= 4 is 17.7 Å². The molecule has 2 aliphatic heterocycles. The topological polar surface area (TPSA) is 181 Å². The maximum atomic E-state index is 13.9. The number of urea groups is 1. The van der Waals surface area contributed by atoms with Crippen molar-refractivity contribution in [1.29, 1.82) is 0 Å². The van der Waals surface area contributed by atoms with Crippen LogP contribution in [0, 0.1) is 17.8 Å². The van der Waals surface area contributed by atoms with Gasteiger partial charge in [-0.05, 0) is 92.1 Å². The third-order valence-corrected chi connectivity index (χ3v) is 10.9. The quantitative estimate of drug-likeness (QED) is 0.241. The van der Waals surface area contributed by atoms with Crippen LogP contribution in [0.4, 0.5) is 23.7 Å². The number of anilines is 1. The number of likely N-dealkylation sites (N-methyl/N-ethyl adjacent to an activating group) is 1. The van der Waals surface area contributed by atoms with E-state index >= 15 is 0 Å². The van der Waals surface area contributed by atoms with Crippen molar-refractivity contribution < 1.29 is 62.5 Å². The summed E-state index contributed by atoms with van der Waals surface area (Å²) < 4.78 is 58.5. The van der Waals surface area contributed by atoms with E-state index in [0.717, 1.165) is 23.1 Å². The van der Waals surface area contributed by atoms with E-state index in [1.54, 1.807) is 34.9 Å². The molecule has 2 saturated heterocycles. The van der Waals surface area contributed by atoms with Crippen molar-refractivity contribution in [3.63, 3.8) is 0 Å². The summed E-state index contributed by atoms with van der Waals surface area (Å²) in [5.74, 6) is -3.72. The molecule has 2 fully saturated rings. The number of hydrogen-bond donors (Lipinski definition) is 6. The van der Waals surface area contributed by atoms with Crippen LogP contribution in [0.2, 0.25) is 0 Å². The van der Waals surface area contributed by atoms with Crippen molar-refractivity contribution in [3.05, 3.63) is 29.8 Å². The summed E-state index contributed by atoms with van der Waals surface area (Å²) >= 11 is 0. The fourth-order valence-electron chi connectivity index (χ4n) is 7.75. The Balaban J connectivity index is 2.10. The van der Waals surface area contributed by atoms with Crippen molar-refractivity contribution in [2.45, 2.75) is 147 Å². The standard InChI is InChI=1S/C37H60F3N3O10/c1-11-27-36(8,50)30(46)23(6)43(34(48)41-25-14-12-13-24(16-25)37(38,39)40)18-19(2)17-35(7,49)31(21(4)28(44)22(5)32(47)52-27)53-33-29(45)26(42(9)10)15-20(3)51-33/h12-14,16,19-23,26-31,33,44-46,49-50H,11,15,17-18H2,1-10H3,(H,41,48)/t19-,20-,21+,22-,23-,26+,27-,28+,29-,30-,31-,33+,35?,36-/m1/s1. The predicted molar refractivity (Wildman–Crippen MR) is 189 cm³/mol. The minimum absolute atomic E-state index is 0.0241. The normalized spacial score (nSPS) is 39.9. The molecule has 13 nitrogen and oxygen atoms in total. The number of aliphatic hydroxyl groups is 5. The van der Waals surface area contributed by atoms with Gasteiger partial charge in [0.25, 0.3) is 0 Å². The number of hydrogen-bond acceptors (Lipinski definition) is 11. The summed E-state index contributed by atoms with van der Waals surface area (Å²) in [5.41, 5.74) is -5.13. The smallest absolute Gasteiger partial charge is 0.416 e. The second-order valence-corrected chi connectivity index (χ2v) is 15.8. The molecule has 0 bridgehead atoms. The molecule has 0 spiro atoms. The van der Waals surface area contributed by atoms with Crippen LogP contribution in [-0.4, -0.2) is 134 Å². The highest BCUT2D eigenvalue weighted by Crippen LogP contribution is 2.37. The molecular formula is C37H60F3N3O10. The highest BCUT2D eigenvalue weighted by Gasteiger charge is 2.50. The third-order valence-electron chi connectivity index (χ3n) is 10.9. The Kier molecular flexibility index (Phi) is 14.8.